The van der Waals surface area contributed by atoms with Gasteiger partial charge in [-0.15, -0.1) is 0 Å². The van der Waals surface area contributed by atoms with Crippen LogP contribution in [-0.2, 0) is 0 Å². The summed E-state index contributed by atoms with van der Waals surface area (Å²) < 4.78 is 2.11. The number of hydrogen-bond donors (Lipinski definition) is 0. The molecule has 2 nitrogen and oxygen atoms in total. The highest BCUT2D eigenvalue weighted by Gasteiger charge is 2.12. The Bertz CT molecular complexity index is 1060. The number of benzene rings is 2. The van der Waals surface area contributed by atoms with Crippen LogP contribution in [0.15, 0.2) is 48.5 Å². The van der Waals surface area contributed by atoms with Gasteiger partial charge in [0.05, 0.1) is 16.7 Å². The summed E-state index contributed by atoms with van der Waals surface area (Å²) in [6.07, 6.45) is 1.85. The Hall–Kier alpha value is -2.18. The molecule has 0 aliphatic carbocycles. The van der Waals surface area contributed by atoms with Gasteiger partial charge in [-0.05, 0) is 61.9 Å². The van der Waals surface area contributed by atoms with E-state index in [2.05, 4.69) is 10.6 Å². The summed E-state index contributed by atoms with van der Waals surface area (Å²) in [5.41, 5.74) is 5.14. The van der Waals surface area contributed by atoms with Crippen LogP contribution in [0.5, 0.6) is 0 Å². The second-order valence-corrected chi connectivity index (χ2v) is 7.22. The molecule has 0 aliphatic rings. The van der Waals surface area contributed by atoms with Crippen molar-refractivity contribution in [1.82, 2.24) is 4.57 Å². The summed E-state index contributed by atoms with van der Waals surface area (Å²) in [6.45, 7) is 4.03. The first-order valence-corrected chi connectivity index (χ1v) is 9.06. The number of allylic oxidation sites excluding steroid dienone is 1. The van der Waals surface area contributed by atoms with Gasteiger partial charge in [-0.3, -0.25) is 0 Å². The summed E-state index contributed by atoms with van der Waals surface area (Å²) >= 11 is 18.3. The largest absolute Gasteiger partial charge is 0.318 e. The number of nitriles is 1. The molecule has 0 radical (unpaired) electrons. The van der Waals surface area contributed by atoms with E-state index in [-0.39, 0.29) is 0 Å². The van der Waals surface area contributed by atoms with Crippen LogP contribution in [0, 0.1) is 25.2 Å². The number of aryl methyl sites for hydroxylation is 1. The van der Waals surface area contributed by atoms with Gasteiger partial charge in [0, 0.05) is 32.7 Å². The minimum Gasteiger partial charge on any atom is -0.318 e. The number of rotatable bonds is 3. The molecule has 130 valence electrons. The van der Waals surface area contributed by atoms with Crippen LogP contribution in [0.2, 0.25) is 15.1 Å². The molecule has 0 amide bonds. The van der Waals surface area contributed by atoms with Crippen LogP contribution >= 0.6 is 34.8 Å². The predicted octanol–water partition coefficient (Wildman–Crippen LogP) is 7.12. The average Bonchev–Trinajstić information content (AvgIpc) is 2.87. The zero-order valence-corrected chi connectivity index (χ0v) is 16.5. The Morgan fingerprint density at radius 2 is 1.73 bits per heavy atom. The van der Waals surface area contributed by atoms with Gasteiger partial charge < -0.3 is 4.57 Å². The lowest BCUT2D eigenvalue weighted by atomic mass is 10.0. The Morgan fingerprint density at radius 1 is 1.00 bits per heavy atom. The molecule has 3 aromatic rings. The standard InChI is InChI=1S/C21H15Cl3N2/c1-13-8-15(14(2)26(13)19-5-3-4-17(22)10-19)9-16(12-25)20-7-6-18(23)11-21(20)24/h3-11H,1-2H3/b16-9-. The van der Waals surface area contributed by atoms with Crippen molar-refractivity contribution in [2.45, 2.75) is 13.8 Å². The van der Waals surface area contributed by atoms with E-state index in [1.807, 2.05) is 50.3 Å². The molecule has 0 saturated heterocycles. The van der Waals surface area contributed by atoms with Crippen LogP contribution < -0.4 is 0 Å². The third-order valence-corrected chi connectivity index (χ3v) is 4.96. The maximum atomic E-state index is 9.62. The van der Waals surface area contributed by atoms with Gasteiger partial charge in [0.25, 0.3) is 0 Å². The van der Waals surface area contributed by atoms with Crippen molar-refractivity contribution >= 4 is 46.5 Å². The van der Waals surface area contributed by atoms with Gasteiger partial charge in [-0.2, -0.15) is 5.26 Å². The highest BCUT2D eigenvalue weighted by Crippen LogP contribution is 2.30. The van der Waals surface area contributed by atoms with E-state index in [1.54, 1.807) is 18.2 Å². The van der Waals surface area contributed by atoms with Crippen molar-refractivity contribution in [1.29, 1.82) is 5.26 Å². The first-order valence-electron chi connectivity index (χ1n) is 7.93. The maximum absolute atomic E-state index is 9.62. The average molecular weight is 402 g/mol. The van der Waals surface area contributed by atoms with E-state index >= 15 is 0 Å². The first kappa shape index (κ1) is 18.6. The molecule has 1 heterocycles. The van der Waals surface area contributed by atoms with Gasteiger partial charge in [0.1, 0.15) is 0 Å². The zero-order chi connectivity index (χ0) is 18.8. The fourth-order valence-corrected chi connectivity index (χ4v) is 3.67. The van der Waals surface area contributed by atoms with E-state index in [0.717, 1.165) is 22.6 Å². The molecule has 2 aromatic carbocycles. The smallest absolute Gasteiger partial charge is 0.0998 e. The van der Waals surface area contributed by atoms with E-state index in [9.17, 15) is 5.26 Å². The molecule has 0 unspecified atom stereocenters. The summed E-state index contributed by atoms with van der Waals surface area (Å²) in [6, 6.07) is 17.1. The highest BCUT2D eigenvalue weighted by atomic mass is 35.5. The van der Waals surface area contributed by atoms with E-state index in [1.165, 1.54) is 0 Å². The van der Waals surface area contributed by atoms with Crippen molar-refractivity contribution in [3.05, 3.63) is 86.1 Å². The lowest BCUT2D eigenvalue weighted by Gasteiger charge is -2.10. The molecule has 0 fully saturated rings. The molecule has 0 N–H and O–H groups in total. The molecule has 26 heavy (non-hydrogen) atoms. The normalized spacial score (nSPS) is 11.5. The minimum atomic E-state index is 0.453. The minimum absolute atomic E-state index is 0.453. The summed E-state index contributed by atoms with van der Waals surface area (Å²) in [5.74, 6) is 0. The Labute approximate surface area is 167 Å². The monoisotopic (exact) mass is 400 g/mol. The number of hydrogen-bond acceptors (Lipinski definition) is 1. The molecular formula is C21H15Cl3N2. The van der Waals surface area contributed by atoms with Crippen molar-refractivity contribution < 1.29 is 0 Å². The van der Waals surface area contributed by atoms with Gasteiger partial charge in [-0.25, -0.2) is 0 Å². The van der Waals surface area contributed by atoms with Gasteiger partial charge in [0.2, 0.25) is 0 Å². The molecule has 0 aliphatic heterocycles. The van der Waals surface area contributed by atoms with Crippen LogP contribution in [0.3, 0.4) is 0 Å². The third-order valence-electron chi connectivity index (χ3n) is 4.18. The molecular weight excluding hydrogens is 387 g/mol. The van der Waals surface area contributed by atoms with E-state index < -0.39 is 0 Å². The number of halogens is 3. The Balaban J connectivity index is 2.11. The second kappa shape index (κ2) is 7.60. The van der Waals surface area contributed by atoms with Crippen molar-refractivity contribution in [3.63, 3.8) is 0 Å². The topological polar surface area (TPSA) is 28.7 Å². The molecule has 1 aromatic heterocycles. The number of aromatic nitrogens is 1. The van der Waals surface area contributed by atoms with Crippen molar-refractivity contribution in [3.8, 4) is 11.8 Å². The second-order valence-electron chi connectivity index (χ2n) is 5.94. The Morgan fingerprint density at radius 3 is 2.38 bits per heavy atom. The molecule has 0 saturated carbocycles. The van der Waals surface area contributed by atoms with Gasteiger partial charge >= 0.3 is 0 Å². The maximum Gasteiger partial charge on any atom is 0.0998 e. The first-order chi connectivity index (χ1) is 12.4. The van der Waals surface area contributed by atoms with Crippen molar-refractivity contribution in [2.24, 2.45) is 0 Å². The SMILES string of the molecule is Cc1cc(/C=C(/C#N)c2ccc(Cl)cc2Cl)c(C)n1-c1cccc(Cl)c1. The third kappa shape index (κ3) is 3.66. The van der Waals surface area contributed by atoms with Crippen molar-refractivity contribution in [2.75, 3.05) is 0 Å². The fraction of sp³-hybridized carbons (Fsp3) is 0.0952. The predicted molar refractivity (Wildman–Crippen MR) is 110 cm³/mol. The molecule has 3 rings (SSSR count). The van der Waals surface area contributed by atoms with E-state index in [4.69, 9.17) is 34.8 Å². The number of nitrogens with zero attached hydrogens (tertiary/aromatic N) is 2. The fourth-order valence-electron chi connectivity index (χ4n) is 2.98. The summed E-state index contributed by atoms with van der Waals surface area (Å²) in [7, 11) is 0. The summed E-state index contributed by atoms with van der Waals surface area (Å²) in [5, 5.41) is 11.3. The highest BCUT2D eigenvalue weighted by molar-refractivity contribution is 6.36. The molecule has 0 bridgehead atoms. The van der Waals surface area contributed by atoms with Gasteiger partial charge in [0.15, 0.2) is 0 Å². The van der Waals surface area contributed by atoms with Crippen LogP contribution in [0.4, 0.5) is 0 Å². The lowest BCUT2D eigenvalue weighted by Crippen LogP contribution is -1.98. The quantitative estimate of drug-likeness (QED) is 0.429. The lowest BCUT2D eigenvalue weighted by molar-refractivity contribution is 0.965. The van der Waals surface area contributed by atoms with Crippen LogP contribution in [-0.4, -0.2) is 4.57 Å². The zero-order valence-electron chi connectivity index (χ0n) is 14.2. The van der Waals surface area contributed by atoms with Gasteiger partial charge in [-0.1, -0.05) is 46.9 Å². The molecule has 5 heteroatoms. The summed E-state index contributed by atoms with van der Waals surface area (Å²) in [4.78, 5) is 0. The van der Waals surface area contributed by atoms with Crippen LogP contribution in [0.1, 0.15) is 22.5 Å². The molecule has 0 atom stereocenters. The van der Waals surface area contributed by atoms with E-state index in [0.29, 0.717) is 26.2 Å². The Kier molecular flexibility index (Phi) is 5.44. The molecule has 0 spiro atoms. The van der Waals surface area contributed by atoms with Crippen LogP contribution in [0.25, 0.3) is 17.3 Å².